The molecule has 2 aliphatic carbocycles. The lowest BCUT2D eigenvalue weighted by atomic mass is 9.74. The SMILES string of the molecule is COc1cc2c3c(c4nc(Cl)c(O)c(Cl)c4c2cc1OC)CC1CCCC1(S(=O)(=O)O)C3. The second-order valence-corrected chi connectivity index (χ2v) is 11.0. The van der Waals surface area contributed by atoms with Gasteiger partial charge in [-0.1, -0.05) is 29.6 Å². The molecular formula is C22H21Cl2NO6S. The number of hydrogen-bond acceptors (Lipinski definition) is 6. The molecule has 2 atom stereocenters. The number of ether oxygens (including phenoxy) is 2. The largest absolute Gasteiger partial charge is 0.504 e. The lowest BCUT2D eigenvalue weighted by Crippen LogP contribution is -2.47. The van der Waals surface area contributed by atoms with Gasteiger partial charge in [-0.3, -0.25) is 4.55 Å². The highest BCUT2D eigenvalue weighted by molar-refractivity contribution is 7.87. The van der Waals surface area contributed by atoms with Gasteiger partial charge in [0.05, 0.1) is 24.8 Å². The van der Waals surface area contributed by atoms with Crippen molar-refractivity contribution in [3.8, 4) is 17.2 Å². The normalized spacial score (nSPS) is 22.7. The van der Waals surface area contributed by atoms with E-state index in [4.69, 9.17) is 32.7 Å². The summed E-state index contributed by atoms with van der Waals surface area (Å²) < 4.78 is 45.2. The molecule has 170 valence electrons. The summed E-state index contributed by atoms with van der Waals surface area (Å²) in [4.78, 5) is 4.44. The first-order valence-electron chi connectivity index (χ1n) is 10.2. The standard InChI is InChI=1S/C22H21Cl2NO6S/c1-30-15-7-11-12(8-16(15)31-2)17-18(23)20(26)21(24)25-19(17)13-6-10-4-3-5-22(10,9-14(11)13)32(27,28)29/h7-8,10,26H,3-6,9H2,1-2H3,(H,27,28,29). The van der Waals surface area contributed by atoms with E-state index in [2.05, 4.69) is 4.98 Å². The molecule has 0 radical (unpaired) electrons. The first-order chi connectivity index (χ1) is 15.1. The molecule has 0 saturated heterocycles. The van der Waals surface area contributed by atoms with E-state index in [9.17, 15) is 18.1 Å². The van der Waals surface area contributed by atoms with Crippen molar-refractivity contribution >= 4 is 55.0 Å². The maximum atomic E-state index is 12.6. The Hall–Kier alpha value is -2.00. The monoisotopic (exact) mass is 497 g/mol. The van der Waals surface area contributed by atoms with Gasteiger partial charge < -0.3 is 14.6 Å². The van der Waals surface area contributed by atoms with Crippen molar-refractivity contribution in [3.63, 3.8) is 0 Å². The lowest BCUT2D eigenvalue weighted by molar-refractivity contribution is 0.340. The van der Waals surface area contributed by atoms with E-state index >= 15 is 0 Å². The number of benzene rings is 2. The third-order valence-corrected chi connectivity index (χ3v) is 9.52. The van der Waals surface area contributed by atoms with Crippen LogP contribution in [0, 0.1) is 5.92 Å². The smallest absolute Gasteiger partial charge is 0.271 e. The molecule has 2 aromatic carbocycles. The average molecular weight is 498 g/mol. The van der Waals surface area contributed by atoms with Crippen LogP contribution in [0.3, 0.4) is 0 Å². The highest BCUT2D eigenvalue weighted by Crippen LogP contribution is 2.54. The average Bonchev–Trinajstić information content (AvgIpc) is 3.19. The molecule has 1 heterocycles. The van der Waals surface area contributed by atoms with Crippen LogP contribution in [0.25, 0.3) is 21.7 Å². The van der Waals surface area contributed by atoms with Gasteiger partial charge in [0.25, 0.3) is 10.1 Å². The summed E-state index contributed by atoms with van der Waals surface area (Å²) in [6.45, 7) is 0. The molecule has 1 aromatic heterocycles. The zero-order valence-corrected chi connectivity index (χ0v) is 19.7. The van der Waals surface area contributed by atoms with Crippen LogP contribution in [0.1, 0.15) is 30.4 Å². The maximum absolute atomic E-state index is 12.6. The second kappa shape index (κ2) is 7.25. The van der Waals surface area contributed by atoms with Gasteiger partial charge in [-0.05, 0) is 65.6 Å². The summed E-state index contributed by atoms with van der Waals surface area (Å²) >= 11 is 12.7. The number of halogens is 2. The summed E-state index contributed by atoms with van der Waals surface area (Å²) in [5.74, 6) is 0.351. The zero-order valence-electron chi connectivity index (χ0n) is 17.4. The Labute approximate surface area is 195 Å². The quantitative estimate of drug-likeness (QED) is 0.299. The minimum Gasteiger partial charge on any atom is -0.504 e. The molecular weight excluding hydrogens is 477 g/mol. The third-order valence-electron chi connectivity index (χ3n) is 7.17. The Kier molecular flexibility index (Phi) is 4.94. The van der Waals surface area contributed by atoms with Crippen molar-refractivity contribution in [2.75, 3.05) is 14.2 Å². The molecule has 0 aliphatic heterocycles. The summed E-state index contributed by atoms with van der Waals surface area (Å²) in [5, 5.41) is 12.2. The topological polar surface area (TPSA) is 106 Å². The second-order valence-electron chi connectivity index (χ2n) is 8.51. The highest BCUT2D eigenvalue weighted by atomic mass is 35.5. The van der Waals surface area contributed by atoms with Crippen molar-refractivity contribution < 1.29 is 27.6 Å². The number of aromatic hydroxyl groups is 1. The van der Waals surface area contributed by atoms with Gasteiger partial charge in [0, 0.05) is 5.39 Å². The van der Waals surface area contributed by atoms with E-state index in [-0.39, 0.29) is 28.3 Å². The number of nitrogens with zero attached hydrogens (tertiary/aromatic N) is 1. The summed E-state index contributed by atoms with van der Waals surface area (Å²) in [7, 11) is -1.28. The van der Waals surface area contributed by atoms with E-state index in [1.807, 2.05) is 0 Å². The number of methoxy groups -OCH3 is 2. The van der Waals surface area contributed by atoms with Crippen molar-refractivity contribution in [2.45, 2.75) is 36.9 Å². The summed E-state index contributed by atoms with van der Waals surface area (Å²) in [6, 6.07) is 3.51. The molecule has 2 N–H and O–H groups in total. The third kappa shape index (κ3) is 2.83. The number of aromatic nitrogens is 1. The molecule has 2 unspecified atom stereocenters. The van der Waals surface area contributed by atoms with Crippen LogP contribution in [0.2, 0.25) is 10.2 Å². The van der Waals surface area contributed by atoms with Gasteiger partial charge in [0.1, 0.15) is 4.75 Å². The van der Waals surface area contributed by atoms with Crippen LogP contribution < -0.4 is 9.47 Å². The fraction of sp³-hybridized carbons (Fsp3) is 0.409. The van der Waals surface area contributed by atoms with Crippen LogP contribution in [0.5, 0.6) is 17.2 Å². The van der Waals surface area contributed by atoms with E-state index in [0.29, 0.717) is 58.9 Å². The molecule has 5 rings (SSSR count). The molecule has 10 heteroatoms. The highest BCUT2D eigenvalue weighted by Gasteiger charge is 2.55. The van der Waals surface area contributed by atoms with Crippen molar-refractivity contribution in [3.05, 3.63) is 33.4 Å². The van der Waals surface area contributed by atoms with Crippen molar-refractivity contribution in [1.29, 1.82) is 0 Å². The minimum absolute atomic E-state index is 0.0676. The van der Waals surface area contributed by atoms with Crippen LogP contribution in [-0.4, -0.2) is 42.0 Å². The van der Waals surface area contributed by atoms with Gasteiger partial charge in [0.15, 0.2) is 22.4 Å². The number of rotatable bonds is 3. The van der Waals surface area contributed by atoms with Crippen LogP contribution in [0.15, 0.2) is 12.1 Å². The fourth-order valence-corrected chi connectivity index (χ4v) is 7.52. The molecule has 0 bridgehead atoms. The zero-order chi connectivity index (χ0) is 23.0. The molecule has 7 nitrogen and oxygen atoms in total. The van der Waals surface area contributed by atoms with Crippen LogP contribution in [-0.2, 0) is 23.0 Å². The van der Waals surface area contributed by atoms with E-state index in [0.717, 1.165) is 11.1 Å². The van der Waals surface area contributed by atoms with Gasteiger partial charge in [-0.25, -0.2) is 4.98 Å². The molecule has 2 aliphatic rings. The maximum Gasteiger partial charge on any atom is 0.271 e. The Morgan fingerprint density at radius 3 is 2.41 bits per heavy atom. The van der Waals surface area contributed by atoms with Gasteiger partial charge >= 0.3 is 0 Å². The lowest BCUT2D eigenvalue weighted by Gasteiger charge is -2.38. The number of fused-ring (bicyclic) bond motifs is 7. The first-order valence-corrected chi connectivity index (χ1v) is 12.4. The summed E-state index contributed by atoms with van der Waals surface area (Å²) in [5.41, 5.74) is 2.10. The first kappa shape index (κ1) is 21.8. The van der Waals surface area contributed by atoms with Crippen LogP contribution >= 0.6 is 23.2 Å². The van der Waals surface area contributed by atoms with Gasteiger partial charge in [-0.15, -0.1) is 0 Å². The van der Waals surface area contributed by atoms with Crippen molar-refractivity contribution in [1.82, 2.24) is 4.98 Å². The Morgan fingerprint density at radius 2 is 1.78 bits per heavy atom. The Balaban J connectivity index is 1.97. The van der Waals surface area contributed by atoms with Crippen molar-refractivity contribution in [2.24, 2.45) is 5.92 Å². The van der Waals surface area contributed by atoms with Gasteiger partial charge in [0.2, 0.25) is 0 Å². The van der Waals surface area contributed by atoms with E-state index in [1.54, 1.807) is 12.1 Å². The van der Waals surface area contributed by atoms with E-state index < -0.39 is 14.9 Å². The number of hydrogen-bond donors (Lipinski definition) is 2. The molecule has 0 amide bonds. The molecule has 1 fully saturated rings. The van der Waals surface area contributed by atoms with Gasteiger partial charge in [-0.2, -0.15) is 8.42 Å². The molecule has 3 aromatic rings. The van der Waals surface area contributed by atoms with Crippen LogP contribution in [0.4, 0.5) is 0 Å². The minimum atomic E-state index is -4.31. The number of pyridine rings is 1. The fourth-order valence-electron chi connectivity index (χ4n) is 5.66. The molecule has 1 saturated carbocycles. The predicted octanol–water partition coefficient (Wildman–Crippen LogP) is 4.94. The van der Waals surface area contributed by atoms with E-state index in [1.165, 1.54) is 14.2 Å². The summed E-state index contributed by atoms with van der Waals surface area (Å²) in [6.07, 6.45) is 2.34. The molecule has 32 heavy (non-hydrogen) atoms. The predicted molar refractivity (Wildman–Crippen MR) is 123 cm³/mol. The molecule has 0 spiro atoms. The Morgan fingerprint density at radius 1 is 1.12 bits per heavy atom. The Bertz CT molecular complexity index is 1410.